The summed E-state index contributed by atoms with van der Waals surface area (Å²) in [5.41, 5.74) is -4.37. The average Bonchev–Trinajstić information content (AvgIpc) is 2.44. The van der Waals surface area contributed by atoms with E-state index in [0.29, 0.717) is 6.42 Å². The first kappa shape index (κ1) is 19.6. The Kier molecular flexibility index (Phi) is 5.93. The zero-order valence-electron chi connectivity index (χ0n) is 12.6. The first-order valence-electron chi connectivity index (χ1n) is 7.02. The van der Waals surface area contributed by atoms with E-state index < -0.39 is 30.5 Å². The standard InChI is InChI=1S/C15H17F7O/c1-3-10-5-7-12(8-6-10)23-11(4-2)9-13(16,14(17,18)19)15(20,21)22/h5-8,11H,3-4,9H2,1-2H3. The average molecular weight is 346 g/mol. The molecule has 1 aromatic carbocycles. The monoisotopic (exact) mass is 346 g/mol. The van der Waals surface area contributed by atoms with E-state index in [0.717, 1.165) is 5.56 Å². The zero-order valence-corrected chi connectivity index (χ0v) is 12.6. The minimum atomic E-state index is -6.06. The molecule has 0 N–H and O–H groups in total. The first-order valence-corrected chi connectivity index (χ1v) is 7.02. The Labute approximate surface area is 129 Å². The van der Waals surface area contributed by atoms with Crippen molar-refractivity contribution in [1.82, 2.24) is 0 Å². The molecule has 0 aliphatic rings. The summed E-state index contributed by atoms with van der Waals surface area (Å²) >= 11 is 0. The van der Waals surface area contributed by atoms with Crippen LogP contribution in [0.4, 0.5) is 30.7 Å². The predicted octanol–water partition coefficient (Wildman–Crippen LogP) is 5.63. The molecule has 0 spiro atoms. The minimum absolute atomic E-state index is 0.0979. The molecular formula is C15H17F7O. The summed E-state index contributed by atoms with van der Waals surface area (Å²) in [6.45, 7) is 3.22. The predicted molar refractivity (Wildman–Crippen MR) is 71.1 cm³/mol. The lowest BCUT2D eigenvalue weighted by molar-refractivity contribution is -0.346. The topological polar surface area (TPSA) is 9.23 Å². The van der Waals surface area contributed by atoms with Gasteiger partial charge < -0.3 is 4.74 Å². The maximum absolute atomic E-state index is 13.7. The fraction of sp³-hybridized carbons (Fsp3) is 0.600. The number of hydrogen-bond acceptors (Lipinski definition) is 1. The molecule has 0 bridgehead atoms. The minimum Gasteiger partial charge on any atom is -0.490 e. The normalized spacial score (nSPS) is 14.7. The molecule has 0 amide bonds. The van der Waals surface area contributed by atoms with Crippen LogP contribution in [0.5, 0.6) is 5.75 Å². The molecule has 1 rings (SSSR count). The van der Waals surface area contributed by atoms with Gasteiger partial charge in [-0.3, -0.25) is 0 Å². The molecule has 1 atom stereocenters. The second-order valence-electron chi connectivity index (χ2n) is 5.15. The Morgan fingerprint density at radius 1 is 0.870 bits per heavy atom. The third kappa shape index (κ3) is 4.51. The van der Waals surface area contributed by atoms with Gasteiger partial charge in [0.05, 0.1) is 0 Å². The quantitative estimate of drug-likeness (QED) is 0.607. The highest BCUT2D eigenvalue weighted by Crippen LogP contribution is 2.49. The third-order valence-electron chi connectivity index (χ3n) is 3.50. The van der Waals surface area contributed by atoms with Gasteiger partial charge in [-0.05, 0) is 30.5 Å². The molecule has 0 aliphatic carbocycles. The number of rotatable bonds is 6. The van der Waals surface area contributed by atoms with Crippen LogP contribution in [0, 0.1) is 0 Å². The molecular weight excluding hydrogens is 329 g/mol. The lowest BCUT2D eigenvalue weighted by Gasteiger charge is -2.32. The number of halogens is 7. The van der Waals surface area contributed by atoms with Gasteiger partial charge in [-0.25, -0.2) is 4.39 Å². The molecule has 0 saturated heterocycles. The van der Waals surface area contributed by atoms with E-state index in [9.17, 15) is 30.7 Å². The van der Waals surface area contributed by atoms with Crippen LogP contribution in [0.2, 0.25) is 0 Å². The number of benzene rings is 1. The summed E-state index contributed by atoms with van der Waals surface area (Å²) < 4.78 is 94.3. The zero-order chi connectivity index (χ0) is 17.9. The van der Waals surface area contributed by atoms with E-state index in [2.05, 4.69) is 0 Å². The van der Waals surface area contributed by atoms with Crippen molar-refractivity contribution in [2.24, 2.45) is 0 Å². The van der Waals surface area contributed by atoms with Crippen molar-refractivity contribution >= 4 is 0 Å². The smallest absolute Gasteiger partial charge is 0.431 e. The van der Waals surface area contributed by atoms with Gasteiger partial charge in [-0.15, -0.1) is 0 Å². The largest absolute Gasteiger partial charge is 0.490 e. The lowest BCUT2D eigenvalue weighted by Crippen LogP contribution is -2.55. The number of ether oxygens (including phenoxy) is 1. The van der Waals surface area contributed by atoms with E-state index in [4.69, 9.17) is 4.74 Å². The molecule has 0 fully saturated rings. The third-order valence-corrected chi connectivity index (χ3v) is 3.50. The molecule has 1 nitrogen and oxygen atoms in total. The van der Waals surface area contributed by atoms with Gasteiger partial charge in [0.25, 0.3) is 0 Å². The van der Waals surface area contributed by atoms with Crippen LogP contribution in [0.1, 0.15) is 32.3 Å². The van der Waals surface area contributed by atoms with Crippen molar-refractivity contribution in [2.45, 2.75) is 57.2 Å². The molecule has 1 unspecified atom stereocenters. The van der Waals surface area contributed by atoms with E-state index in [1.165, 1.54) is 19.1 Å². The van der Waals surface area contributed by atoms with Crippen LogP contribution < -0.4 is 4.74 Å². The summed E-state index contributed by atoms with van der Waals surface area (Å²) in [6.07, 6.45) is -15.0. The molecule has 23 heavy (non-hydrogen) atoms. The first-order chi connectivity index (χ1) is 10.4. The van der Waals surface area contributed by atoms with Gasteiger partial charge in [-0.2, -0.15) is 26.3 Å². The molecule has 1 aromatic rings. The van der Waals surface area contributed by atoms with Gasteiger partial charge >= 0.3 is 18.0 Å². The van der Waals surface area contributed by atoms with E-state index in [-0.39, 0.29) is 12.2 Å². The molecule has 0 radical (unpaired) electrons. The summed E-state index contributed by atoms with van der Waals surface area (Å²) in [4.78, 5) is 0. The molecule has 0 aliphatic heterocycles. The van der Waals surface area contributed by atoms with Crippen LogP contribution in [0.3, 0.4) is 0 Å². The SMILES string of the molecule is CCc1ccc(OC(CC)CC(F)(C(F)(F)F)C(F)(F)F)cc1. The van der Waals surface area contributed by atoms with Crippen molar-refractivity contribution in [3.05, 3.63) is 29.8 Å². The van der Waals surface area contributed by atoms with E-state index in [1.54, 1.807) is 12.1 Å². The molecule has 0 aromatic heterocycles. The van der Waals surface area contributed by atoms with Gasteiger partial charge in [0.1, 0.15) is 11.9 Å². The Morgan fingerprint density at radius 3 is 1.70 bits per heavy atom. The van der Waals surface area contributed by atoms with Crippen molar-refractivity contribution in [3.63, 3.8) is 0 Å². The summed E-state index contributed by atoms with van der Waals surface area (Å²) in [5.74, 6) is 0.0979. The van der Waals surface area contributed by atoms with Crippen LogP contribution >= 0.6 is 0 Å². The van der Waals surface area contributed by atoms with Crippen molar-refractivity contribution < 1.29 is 35.5 Å². The molecule has 132 valence electrons. The van der Waals surface area contributed by atoms with Crippen LogP contribution in [0.25, 0.3) is 0 Å². The van der Waals surface area contributed by atoms with Crippen LogP contribution in [-0.2, 0) is 6.42 Å². The molecule has 0 saturated carbocycles. The Hall–Kier alpha value is -1.47. The fourth-order valence-corrected chi connectivity index (χ4v) is 1.97. The fourth-order valence-electron chi connectivity index (χ4n) is 1.97. The highest BCUT2D eigenvalue weighted by Gasteiger charge is 2.72. The maximum Gasteiger partial charge on any atom is 0.431 e. The Balaban J connectivity index is 2.95. The van der Waals surface area contributed by atoms with Crippen molar-refractivity contribution in [1.29, 1.82) is 0 Å². The Morgan fingerprint density at radius 2 is 1.35 bits per heavy atom. The van der Waals surface area contributed by atoms with Crippen LogP contribution in [0.15, 0.2) is 24.3 Å². The van der Waals surface area contributed by atoms with Gasteiger partial charge in [0.2, 0.25) is 0 Å². The molecule has 0 heterocycles. The summed E-state index contributed by atoms with van der Waals surface area (Å²) in [5, 5.41) is 0. The lowest BCUT2D eigenvalue weighted by atomic mass is 9.95. The van der Waals surface area contributed by atoms with Gasteiger partial charge in [0.15, 0.2) is 0 Å². The maximum atomic E-state index is 13.7. The highest BCUT2D eigenvalue weighted by atomic mass is 19.4. The van der Waals surface area contributed by atoms with Crippen molar-refractivity contribution in [2.75, 3.05) is 0 Å². The second kappa shape index (κ2) is 6.97. The number of aryl methyl sites for hydroxylation is 1. The summed E-state index contributed by atoms with van der Waals surface area (Å²) in [6, 6.07) is 6.14. The van der Waals surface area contributed by atoms with Crippen LogP contribution in [-0.4, -0.2) is 24.1 Å². The summed E-state index contributed by atoms with van der Waals surface area (Å²) in [7, 11) is 0. The van der Waals surface area contributed by atoms with Gasteiger partial charge in [0, 0.05) is 6.42 Å². The van der Waals surface area contributed by atoms with Crippen molar-refractivity contribution in [3.8, 4) is 5.75 Å². The number of hydrogen-bond donors (Lipinski definition) is 0. The molecule has 8 heteroatoms. The Bertz CT molecular complexity index is 476. The van der Waals surface area contributed by atoms with Gasteiger partial charge in [-0.1, -0.05) is 26.0 Å². The van der Waals surface area contributed by atoms with E-state index in [1.807, 2.05) is 6.92 Å². The second-order valence-corrected chi connectivity index (χ2v) is 5.15. The highest BCUT2D eigenvalue weighted by molar-refractivity contribution is 5.27. The number of alkyl halides is 7. The van der Waals surface area contributed by atoms with E-state index >= 15 is 0 Å².